The van der Waals surface area contributed by atoms with Gasteiger partial charge in [0.05, 0.1) is 11.5 Å². The second-order valence-corrected chi connectivity index (χ2v) is 7.34. The molecule has 96 valence electrons. The lowest BCUT2D eigenvalue weighted by Gasteiger charge is -2.15. The lowest BCUT2D eigenvalue weighted by Crippen LogP contribution is -2.24. The molecule has 0 aromatic heterocycles. The maximum absolute atomic E-state index is 11.3. The zero-order valence-electron chi connectivity index (χ0n) is 10.3. The summed E-state index contributed by atoms with van der Waals surface area (Å²) in [6, 6.07) is 0.204. The average molecular weight is 247 g/mol. The molecule has 0 spiro atoms. The van der Waals surface area contributed by atoms with Crippen LogP contribution in [0.5, 0.6) is 0 Å². The van der Waals surface area contributed by atoms with Crippen molar-refractivity contribution in [2.75, 3.05) is 11.5 Å². The lowest BCUT2D eigenvalue weighted by atomic mass is 9.96. The normalized spacial score (nSPS) is 25.8. The zero-order valence-corrected chi connectivity index (χ0v) is 11.1. The van der Waals surface area contributed by atoms with Crippen LogP contribution in [0.2, 0.25) is 0 Å². The second-order valence-electron chi connectivity index (χ2n) is 5.11. The quantitative estimate of drug-likeness (QED) is 0.701. The Labute approximate surface area is 99.7 Å². The number of sulfone groups is 1. The van der Waals surface area contributed by atoms with Gasteiger partial charge in [0, 0.05) is 6.04 Å². The predicted octanol–water partition coefficient (Wildman–Crippen LogP) is 2.11. The Hall–Kier alpha value is -0.0900. The summed E-state index contributed by atoms with van der Waals surface area (Å²) in [5.41, 5.74) is 6.03. The molecule has 1 saturated heterocycles. The summed E-state index contributed by atoms with van der Waals surface area (Å²) in [6.45, 7) is 2.20. The van der Waals surface area contributed by atoms with Crippen LogP contribution in [-0.2, 0) is 9.84 Å². The van der Waals surface area contributed by atoms with E-state index in [1.807, 2.05) is 0 Å². The molecule has 0 aromatic rings. The monoisotopic (exact) mass is 247 g/mol. The highest BCUT2D eigenvalue weighted by atomic mass is 32.2. The van der Waals surface area contributed by atoms with Crippen molar-refractivity contribution in [3.8, 4) is 0 Å². The Morgan fingerprint density at radius 2 is 2.06 bits per heavy atom. The summed E-state index contributed by atoms with van der Waals surface area (Å²) in [5, 5.41) is 0. The lowest BCUT2D eigenvalue weighted by molar-refractivity contribution is 0.437. The molecule has 0 radical (unpaired) electrons. The summed E-state index contributed by atoms with van der Waals surface area (Å²) < 4.78 is 22.6. The van der Waals surface area contributed by atoms with Gasteiger partial charge in [-0.3, -0.25) is 0 Å². The largest absolute Gasteiger partial charge is 0.328 e. The summed E-state index contributed by atoms with van der Waals surface area (Å²) in [4.78, 5) is 0. The molecule has 1 heterocycles. The van der Waals surface area contributed by atoms with E-state index in [1.54, 1.807) is 0 Å². The molecule has 1 fully saturated rings. The Kier molecular flexibility index (Phi) is 5.76. The van der Waals surface area contributed by atoms with E-state index in [4.69, 9.17) is 5.73 Å². The van der Waals surface area contributed by atoms with Crippen molar-refractivity contribution in [2.24, 2.45) is 11.7 Å². The third kappa shape index (κ3) is 5.30. The highest BCUT2D eigenvalue weighted by Gasteiger charge is 2.28. The topological polar surface area (TPSA) is 60.2 Å². The number of hydrogen-bond acceptors (Lipinski definition) is 3. The molecule has 1 rings (SSSR count). The first-order valence-corrected chi connectivity index (χ1v) is 8.31. The molecule has 4 heteroatoms. The van der Waals surface area contributed by atoms with Crippen LogP contribution in [0.3, 0.4) is 0 Å². The van der Waals surface area contributed by atoms with Gasteiger partial charge in [0.15, 0.2) is 9.84 Å². The van der Waals surface area contributed by atoms with Gasteiger partial charge < -0.3 is 5.73 Å². The van der Waals surface area contributed by atoms with Crippen molar-refractivity contribution >= 4 is 9.84 Å². The molecule has 2 atom stereocenters. The molecule has 1 aliphatic rings. The SMILES string of the molecule is CCCCCCC(N)CC1CCS(=O)(=O)C1. The third-order valence-electron chi connectivity index (χ3n) is 3.39. The van der Waals surface area contributed by atoms with Gasteiger partial charge in [-0.2, -0.15) is 0 Å². The molecule has 1 aliphatic heterocycles. The van der Waals surface area contributed by atoms with Crippen LogP contribution in [-0.4, -0.2) is 26.0 Å². The molecule has 2 unspecified atom stereocenters. The van der Waals surface area contributed by atoms with Gasteiger partial charge in [0.1, 0.15) is 0 Å². The van der Waals surface area contributed by atoms with Crippen LogP contribution >= 0.6 is 0 Å². The van der Waals surface area contributed by atoms with Gasteiger partial charge >= 0.3 is 0 Å². The van der Waals surface area contributed by atoms with Crippen molar-refractivity contribution < 1.29 is 8.42 Å². The highest BCUT2D eigenvalue weighted by molar-refractivity contribution is 7.91. The Bertz CT molecular complexity index is 287. The molecular formula is C12H25NO2S. The fourth-order valence-corrected chi connectivity index (χ4v) is 4.32. The van der Waals surface area contributed by atoms with Gasteiger partial charge in [0.2, 0.25) is 0 Å². The van der Waals surface area contributed by atoms with Crippen LogP contribution in [0, 0.1) is 5.92 Å². The molecular weight excluding hydrogens is 222 g/mol. The number of nitrogens with two attached hydrogens (primary N) is 1. The first kappa shape index (κ1) is 14.0. The minimum absolute atomic E-state index is 0.204. The van der Waals surface area contributed by atoms with E-state index in [0.717, 1.165) is 19.3 Å². The van der Waals surface area contributed by atoms with E-state index in [1.165, 1.54) is 25.7 Å². The fourth-order valence-electron chi connectivity index (χ4n) is 2.44. The summed E-state index contributed by atoms with van der Waals surface area (Å²) in [6.07, 6.45) is 7.75. The van der Waals surface area contributed by atoms with E-state index in [2.05, 4.69) is 6.92 Å². The molecule has 0 aliphatic carbocycles. The molecule has 0 bridgehead atoms. The van der Waals surface area contributed by atoms with Crippen molar-refractivity contribution in [2.45, 2.75) is 57.9 Å². The van der Waals surface area contributed by atoms with Gasteiger partial charge in [-0.1, -0.05) is 32.6 Å². The van der Waals surface area contributed by atoms with E-state index in [9.17, 15) is 8.42 Å². The fraction of sp³-hybridized carbons (Fsp3) is 1.00. The third-order valence-corrected chi connectivity index (χ3v) is 5.23. The zero-order chi connectivity index (χ0) is 12.0. The maximum Gasteiger partial charge on any atom is 0.150 e. The molecule has 0 amide bonds. The van der Waals surface area contributed by atoms with E-state index in [-0.39, 0.29) is 6.04 Å². The van der Waals surface area contributed by atoms with Crippen molar-refractivity contribution in [1.82, 2.24) is 0 Å². The molecule has 0 saturated carbocycles. The highest BCUT2D eigenvalue weighted by Crippen LogP contribution is 2.23. The Balaban J connectivity index is 2.13. The number of hydrogen-bond donors (Lipinski definition) is 1. The Morgan fingerprint density at radius 3 is 2.62 bits per heavy atom. The molecule has 3 nitrogen and oxygen atoms in total. The minimum Gasteiger partial charge on any atom is -0.328 e. The van der Waals surface area contributed by atoms with Gasteiger partial charge in [0.25, 0.3) is 0 Å². The van der Waals surface area contributed by atoms with Crippen molar-refractivity contribution in [3.63, 3.8) is 0 Å². The van der Waals surface area contributed by atoms with E-state index >= 15 is 0 Å². The number of rotatable bonds is 7. The van der Waals surface area contributed by atoms with E-state index in [0.29, 0.717) is 17.4 Å². The molecule has 2 N–H and O–H groups in total. The first-order valence-electron chi connectivity index (χ1n) is 6.49. The van der Waals surface area contributed by atoms with Crippen LogP contribution < -0.4 is 5.73 Å². The van der Waals surface area contributed by atoms with Crippen LogP contribution in [0.1, 0.15) is 51.9 Å². The smallest absolute Gasteiger partial charge is 0.150 e. The standard InChI is InChI=1S/C12H25NO2S/c1-2-3-4-5-6-12(13)9-11-7-8-16(14,15)10-11/h11-12H,2-10,13H2,1H3. The van der Waals surface area contributed by atoms with Gasteiger partial charge in [-0.25, -0.2) is 8.42 Å². The summed E-state index contributed by atoms with van der Waals surface area (Å²) in [5.74, 6) is 1.07. The average Bonchev–Trinajstić information content (AvgIpc) is 2.53. The predicted molar refractivity (Wildman–Crippen MR) is 68.1 cm³/mol. The maximum atomic E-state index is 11.3. The number of unbranched alkanes of at least 4 members (excludes halogenated alkanes) is 3. The second kappa shape index (κ2) is 6.60. The molecule has 0 aromatic carbocycles. The van der Waals surface area contributed by atoms with Crippen LogP contribution in [0.25, 0.3) is 0 Å². The van der Waals surface area contributed by atoms with Crippen molar-refractivity contribution in [3.05, 3.63) is 0 Å². The summed E-state index contributed by atoms with van der Waals surface area (Å²) >= 11 is 0. The van der Waals surface area contributed by atoms with E-state index < -0.39 is 9.84 Å². The Morgan fingerprint density at radius 1 is 1.31 bits per heavy atom. The first-order chi connectivity index (χ1) is 7.53. The summed E-state index contributed by atoms with van der Waals surface area (Å²) in [7, 11) is -2.73. The van der Waals surface area contributed by atoms with Crippen molar-refractivity contribution in [1.29, 1.82) is 0 Å². The van der Waals surface area contributed by atoms with Gasteiger partial charge in [-0.15, -0.1) is 0 Å². The van der Waals surface area contributed by atoms with Crippen LogP contribution in [0.4, 0.5) is 0 Å². The van der Waals surface area contributed by atoms with Gasteiger partial charge in [-0.05, 0) is 25.2 Å². The van der Waals surface area contributed by atoms with Crippen LogP contribution in [0.15, 0.2) is 0 Å². The minimum atomic E-state index is -2.73. The molecule has 16 heavy (non-hydrogen) atoms.